The minimum atomic E-state index is -0.233. The van der Waals surface area contributed by atoms with Crippen LogP contribution in [0.2, 0.25) is 0 Å². The lowest BCUT2D eigenvalue weighted by molar-refractivity contribution is -0.121. The quantitative estimate of drug-likeness (QED) is 0.425. The zero-order chi connectivity index (χ0) is 22.0. The van der Waals surface area contributed by atoms with Crippen LogP contribution in [0.4, 0.5) is 0 Å². The topological polar surface area (TPSA) is 73.6 Å². The summed E-state index contributed by atoms with van der Waals surface area (Å²) < 4.78 is 16.6. The van der Waals surface area contributed by atoms with Crippen molar-refractivity contribution in [2.45, 2.75) is 26.3 Å². The number of hydrogen-bond acceptors (Lipinski definition) is 6. The van der Waals surface area contributed by atoms with Gasteiger partial charge in [-0.3, -0.25) is 4.79 Å². The third-order valence-corrected chi connectivity index (χ3v) is 6.12. The lowest BCUT2D eigenvalue weighted by Gasteiger charge is -2.12. The molecule has 6 nitrogen and oxygen atoms in total. The molecule has 2 heterocycles. The van der Waals surface area contributed by atoms with Crippen LogP contribution in [0.3, 0.4) is 0 Å². The summed E-state index contributed by atoms with van der Waals surface area (Å²) >= 11 is 1.49. The number of furan rings is 1. The summed E-state index contributed by atoms with van der Waals surface area (Å²) in [5.74, 6) is 1.98. The van der Waals surface area contributed by atoms with E-state index in [0.29, 0.717) is 11.5 Å². The Labute approximate surface area is 184 Å². The molecule has 0 fully saturated rings. The molecule has 1 atom stereocenters. The average Bonchev–Trinajstić information content (AvgIpc) is 3.38. The summed E-state index contributed by atoms with van der Waals surface area (Å²) in [4.78, 5) is 17.2. The Bertz CT molecular complexity index is 1230. The standard InChI is InChI=1S/C24H24N2O4S/c1-14-18-7-5-6-8-19(18)30-23(14)15(2)25-22(27)12-17-13-31-24(26-17)16-9-10-20(28-3)21(11-16)29-4/h5-11,13,15H,12H2,1-4H3,(H,25,27). The first-order valence-corrected chi connectivity index (χ1v) is 10.8. The number of amides is 1. The first-order valence-electron chi connectivity index (χ1n) is 9.94. The number of ether oxygens (including phenoxy) is 2. The number of aryl methyl sites for hydroxylation is 1. The Hall–Kier alpha value is -3.32. The Morgan fingerprint density at radius 3 is 2.68 bits per heavy atom. The van der Waals surface area contributed by atoms with Crippen molar-refractivity contribution < 1.29 is 18.7 Å². The van der Waals surface area contributed by atoms with Gasteiger partial charge in [-0.05, 0) is 38.1 Å². The van der Waals surface area contributed by atoms with Crippen LogP contribution in [0.25, 0.3) is 21.5 Å². The number of aromatic nitrogens is 1. The molecule has 0 radical (unpaired) electrons. The van der Waals surface area contributed by atoms with Gasteiger partial charge in [-0.15, -0.1) is 11.3 Å². The summed E-state index contributed by atoms with van der Waals surface area (Å²) in [5.41, 5.74) is 3.52. The highest BCUT2D eigenvalue weighted by atomic mass is 32.1. The smallest absolute Gasteiger partial charge is 0.226 e. The number of carbonyl (C=O) groups excluding carboxylic acids is 1. The molecule has 7 heteroatoms. The predicted molar refractivity (Wildman–Crippen MR) is 122 cm³/mol. The number of nitrogens with zero attached hydrogens (tertiary/aromatic N) is 1. The van der Waals surface area contributed by atoms with Crippen molar-refractivity contribution in [3.63, 3.8) is 0 Å². The van der Waals surface area contributed by atoms with E-state index in [1.54, 1.807) is 14.2 Å². The van der Waals surface area contributed by atoms with Crippen molar-refractivity contribution >= 4 is 28.2 Å². The molecule has 0 spiro atoms. The van der Waals surface area contributed by atoms with Gasteiger partial charge >= 0.3 is 0 Å². The van der Waals surface area contributed by atoms with E-state index in [-0.39, 0.29) is 18.4 Å². The van der Waals surface area contributed by atoms with Crippen LogP contribution in [-0.2, 0) is 11.2 Å². The number of thiazole rings is 1. The molecule has 0 aliphatic rings. The van der Waals surface area contributed by atoms with E-state index in [1.807, 2.05) is 61.7 Å². The van der Waals surface area contributed by atoms with Gasteiger partial charge in [-0.2, -0.15) is 0 Å². The number of rotatable bonds is 7. The van der Waals surface area contributed by atoms with E-state index in [4.69, 9.17) is 13.9 Å². The third-order valence-electron chi connectivity index (χ3n) is 5.18. The maximum atomic E-state index is 12.6. The second-order valence-electron chi connectivity index (χ2n) is 7.27. The molecular formula is C24H24N2O4S. The number of nitrogens with one attached hydrogen (secondary N) is 1. The minimum Gasteiger partial charge on any atom is -0.493 e. The summed E-state index contributed by atoms with van der Waals surface area (Å²) in [6, 6.07) is 13.3. The molecule has 4 aromatic rings. The van der Waals surface area contributed by atoms with Crippen LogP contribution in [0.1, 0.15) is 30.0 Å². The molecule has 1 N–H and O–H groups in total. The minimum absolute atomic E-state index is 0.100. The van der Waals surface area contributed by atoms with Gasteiger partial charge in [0.15, 0.2) is 11.5 Å². The molecule has 0 aliphatic heterocycles. The van der Waals surface area contributed by atoms with Crippen molar-refractivity contribution in [2.24, 2.45) is 0 Å². The molecule has 2 aromatic heterocycles. The maximum Gasteiger partial charge on any atom is 0.226 e. The van der Waals surface area contributed by atoms with E-state index < -0.39 is 0 Å². The molecule has 0 saturated carbocycles. The number of hydrogen-bond donors (Lipinski definition) is 1. The van der Waals surface area contributed by atoms with Gasteiger partial charge in [0.25, 0.3) is 0 Å². The van der Waals surface area contributed by atoms with Gasteiger partial charge in [0.05, 0.1) is 32.4 Å². The second kappa shape index (κ2) is 8.81. The molecular weight excluding hydrogens is 412 g/mol. The van der Waals surface area contributed by atoms with Crippen LogP contribution >= 0.6 is 11.3 Å². The highest BCUT2D eigenvalue weighted by molar-refractivity contribution is 7.13. The first kappa shape index (κ1) is 20.9. The Morgan fingerprint density at radius 2 is 1.94 bits per heavy atom. The number of methoxy groups -OCH3 is 2. The van der Waals surface area contributed by atoms with Gasteiger partial charge in [-0.25, -0.2) is 4.98 Å². The van der Waals surface area contributed by atoms with Crippen molar-refractivity contribution in [2.75, 3.05) is 14.2 Å². The van der Waals surface area contributed by atoms with Crippen molar-refractivity contribution in [1.82, 2.24) is 10.3 Å². The Morgan fingerprint density at radius 1 is 1.16 bits per heavy atom. The monoisotopic (exact) mass is 436 g/mol. The summed E-state index contributed by atoms with van der Waals surface area (Å²) in [7, 11) is 3.20. The van der Waals surface area contributed by atoms with E-state index in [1.165, 1.54) is 11.3 Å². The van der Waals surface area contributed by atoms with E-state index >= 15 is 0 Å². The van der Waals surface area contributed by atoms with Crippen LogP contribution in [-0.4, -0.2) is 25.1 Å². The molecule has 31 heavy (non-hydrogen) atoms. The van der Waals surface area contributed by atoms with Crippen molar-refractivity contribution in [3.05, 3.63) is 64.9 Å². The van der Waals surface area contributed by atoms with Crippen LogP contribution < -0.4 is 14.8 Å². The Kier molecular flexibility index (Phi) is 5.95. The number of para-hydroxylation sites is 1. The molecule has 1 amide bonds. The van der Waals surface area contributed by atoms with Gasteiger partial charge in [0, 0.05) is 21.9 Å². The molecule has 160 valence electrons. The maximum absolute atomic E-state index is 12.6. The molecule has 1 unspecified atom stereocenters. The van der Waals surface area contributed by atoms with Crippen LogP contribution in [0, 0.1) is 6.92 Å². The highest BCUT2D eigenvalue weighted by Gasteiger charge is 2.19. The molecule has 4 rings (SSSR count). The van der Waals surface area contributed by atoms with E-state index in [9.17, 15) is 4.79 Å². The van der Waals surface area contributed by atoms with Crippen LogP contribution in [0.5, 0.6) is 11.5 Å². The molecule has 0 saturated heterocycles. The largest absolute Gasteiger partial charge is 0.493 e. The fraction of sp³-hybridized carbons (Fsp3) is 0.250. The summed E-state index contributed by atoms with van der Waals surface area (Å²) in [6.45, 7) is 3.94. The fourth-order valence-corrected chi connectivity index (χ4v) is 4.44. The van der Waals surface area contributed by atoms with Gasteiger partial charge in [0.1, 0.15) is 16.4 Å². The van der Waals surface area contributed by atoms with Gasteiger partial charge < -0.3 is 19.2 Å². The lowest BCUT2D eigenvalue weighted by atomic mass is 10.1. The first-order chi connectivity index (χ1) is 15.0. The lowest BCUT2D eigenvalue weighted by Crippen LogP contribution is -2.28. The van der Waals surface area contributed by atoms with Gasteiger partial charge in [-0.1, -0.05) is 18.2 Å². The highest BCUT2D eigenvalue weighted by Crippen LogP contribution is 2.34. The van der Waals surface area contributed by atoms with E-state index in [2.05, 4.69) is 10.3 Å². The molecule has 0 bridgehead atoms. The van der Waals surface area contributed by atoms with Crippen molar-refractivity contribution in [3.8, 4) is 22.1 Å². The zero-order valence-corrected chi connectivity index (χ0v) is 18.7. The normalized spacial score (nSPS) is 12.0. The Balaban J connectivity index is 1.45. The predicted octanol–water partition coefficient (Wildman–Crippen LogP) is 5.30. The van der Waals surface area contributed by atoms with E-state index in [0.717, 1.165) is 38.6 Å². The average molecular weight is 437 g/mol. The van der Waals surface area contributed by atoms with Crippen LogP contribution in [0.15, 0.2) is 52.3 Å². The van der Waals surface area contributed by atoms with Gasteiger partial charge in [0.2, 0.25) is 5.91 Å². The summed E-state index contributed by atoms with van der Waals surface area (Å²) in [5, 5.41) is 6.82. The number of fused-ring (bicyclic) bond motifs is 1. The SMILES string of the molecule is COc1ccc(-c2nc(CC(=O)NC(C)c3oc4ccccc4c3C)cs2)cc1OC. The second-order valence-corrected chi connectivity index (χ2v) is 8.13. The molecule has 0 aliphatic carbocycles. The number of benzene rings is 2. The molecule has 2 aromatic carbocycles. The third kappa shape index (κ3) is 4.27. The van der Waals surface area contributed by atoms with Crippen molar-refractivity contribution in [1.29, 1.82) is 0 Å². The fourth-order valence-electron chi connectivity index (χ4n) is 3.62. The number of carbonyl (C=O) groups is 1. The zero-order valence-electron chi connectivity index (χ0n) is 17.9. The summed E-state index contributed by atoms with van der Waals surface area (Å²) in [6.07, 6.45) is 0.202.